The van der Waals surface area contributed by atoms with Crippen LogP contribution in [0.1, 0.15) is 34.6 Å². The Bertz CT molecular complexity index is 898. The minimum Gasteiger partial charge on any atom is -0.463 e. The van der Waals surface area contributed by atoms with E-state index in [4.69, 9.17) is 18.9 Å². The molecule has 0 saturated carbocycles. The minimum atomic E-state index is -1.62. The summed E-state index contributed by atoms with van der Waals surface area (Å²) in [6.07, 6.45) is -4.00. The van der Waals surface area contributed by atoms with E-state index in [-0.39, 0.29) is 17.7 Å². The Kier molecular flexibility index (Phi) is 6.49. The van der Waals surface area contributed by atoms with Crippen molar-refractivity contribution < 1.29 is 38.4 Å². The van der Waals surface area contributed by atoms with Gasteiger partial charge in [-0.05, 0) is 31.2 Å². The number of carbonyl (C=O) groups excluding carboxylic acids is 3. The number of ether oxygens (including phenoxy) is 4. The first-order valence-electron chi connectivity index (χ1n) is 9.32. The molecule has 3 rings (SSSR count). The van der Waals surface area contributed by atoms with Crippen LogP contribution in [0.2, 0.25) is 0 Å². The molecule has 1 unspecified atom stereocenters. The van der Waals surface area contributed by atoms with Gasteiger partial charge >= 0.3 is 17.9 Å². The first kappa shape index (κ1) is 21.5. The highest BCUT2D eigenvalue weighted by molar-refractivity contribution is 5.90. The highest BCUT2D eigenvalue weighted by atomic mass is 16.7. The van der Waals surface area contributed by atoms with E-state index in [0.717, 1.165) is 0 Å². The van der Waals surface area contributed by atoms with E-state index in [1.165, 1.54) is 13.8 Å². The van der Waals surface area contributed by atoms with Crippen molar-refractivity contribution in [2.24, 2.45) is 0 Å². The quantitative estimate of drug-likeness (QED) is 0.566. The van der Waals surface area contributed by atoms with E-state index in [1.807, 2.05) is 0 Å². The summed E-state index contributed by atoms with van der Waals surface area (Å²) in [5.74, 6) is -2.00. The van der Waals surface area contributed by atoms with Crippen molar-refractivity contribution in [1.82, 2.24) is 0 Å². The molecule has 0 spiro atoms. The number of aliphatic hydroxyl groups is 1. The number of aliphatic hydroxyl groups excluding tert-OH is 1. The van der Waals surface area contributed by atoms with Gasteiger partial charge in [-0.2, -0.15) is 0 Å². The molecule has 1 aliphatic heterocycles. The number of rotatable bonds is 6. The molecular weight excluding hydrogens is 392 g/mol. The highest BCUT2D eigenvalue weighted by Crippen LogP contribution is 2.37. The van der Waals surface area contributed by atoms with Gasteiger partial charge in [-0.3, -0.25) is 4.79 Å². The van der Waals surface area contributed by atoms with Crippen molar-refractivity contribution in [3.8, 4) is 0 Å². The summed E-state index contributed by atoms with van der Waals surface area (Å²) >= 11 is 0. The van der Waals surface area contributed by atoms with Crippen molar-refractivity contribution in [2.45, 2.75) is 37.9 Å². The van der Waals surface area contributed by atoms with E-state index < -0.39 is 42.0 Å². The molecule has 0 aromatic heterocycles. The monoisotopic (exact) mass is 414 g/mol. The van der Waals surface area contributed by atoms with Crippen molar-refractivity contribution >= 4 is 17.9 Å². The van der Waals surface area contributed by atoms with Crippen LogP contribution in [-0.2, 0) is 23.7 Å². The Labute approximate surface area is 173 Å². The fourth-order valence-corrected chi connectivity index (χ4v) is 3.13. The zero-order valence-electron chi connectivity index (χ0n) is 16.5. The zero-order chi connectivity index (χ0) is 21.7. The molecule has 0 amide bonds. The third-order valence-corrected chi connectivity index (χ3v) is 4.77. The second-order valence-electron chi connectivity index (χ2n) is 6.95. The van der Waals surface area contributed by atoms with Crippen LogP contribution in [0.25, 0.3) is 0 Å². The van der Waals surface area contributed by atoms with Crippen LogP contribution in [0.5, 0.6) is 0 Å². The molecule has 2 aromatic carbocycles. The van der Waals surface area contributed by atoms with Gasteiger partial charge in [0.2, 0.25) is 0 Å². The molecule has 30 heavy (non-hydrogen) atoms. The first-order chi connectivity index (χ1) is 14.3. The van der Waals surface area contributed by atoms with Gasteiger partial charge in [0.25, 0.3) is 0 Å². The lowest BCUT2D eigenvalue weighted by Crippen LogP contribution is -2.52. The predicted molar refractivity (Wildman–Crippen MR) is 103 cm³/mol. The third kappa shape index (κ3) is 4.67. The van der Waals surface area contributed by atoms with Crippen molar-refractivity contribution in [2.75, 3.05) is 6.61 Å². The first-order valence-corrected chi connectivity index (χ1v) is 9.32. The number of esters is 3. The smallest absolute Gasteiger partial charge is 0.338 e. The summed E-state index contributed by atoms with van der Waals surface area (Å²) in [4.78, 5) is 36.5. The largest absolute Gasteiger partial charge is 0.463 e. The number of hydrogen-bond donors (Lipinski definition) is 1. The van der Waals surface area contributed by atoms with Gasteiger partial charge in [0.1, 0.15) is 12.7 Å². The van der Waals surface area contributed by atoms with E-state index in [9.17, 15) is 19.5 Å². The molecule has 1 N–H and O–H groups in total. The van der Waals surface area contributed by atoms with Crippen LogP contribution >= 0.6 is 0 Å². The highest BCUT2D eigenvalue weighted by Gasteiger charge is 2.59. The normalized spacial score (nSPS) is 25.4. The fraction of sp³-hybridized carbons (Fsp3) is 0.318. The van der Waals surface area contributed by atoms with Crippen LogP contribution in [0.15, 0.2) is 60.7 Å². The Morgan fingerprint density at radius 3 is 2.03 bits per heavy atom. The van der Waals surface area contributed by atoms with Gasteiger partial charge in [-0.1, -0.05) is 36.4 Å². The van der Waals surface area contributed by atoms with Gasteiger partial charge in [0.05, 0.1) is 11.1 Å². The molecule has 158 valence electrons. The van der Waals surface area contributed by atoms with Crippen LogP contribution in [0, 0.1) is 0 Å². The number of benzene rings is 2. The maximum absolute atomic E-state index is 12.7. The lowest BCUT2D eigenvalue weighted by atomic mass is 9.94. The van der Waals surface area contributed by atoms with Gasteiger partial charge in [0, 0.05) is 6.92 Å². The van der Waals surface area contributed by atoms with Crippen LogP contribution in [-0.4, -0.2) is 53.7 Å². The van der Waals surface area contributed by atoms with Crippen LogP contribution in [0.3, 0.4) is 0 Å². The van der Waals surface area contributed by atoms with Crippen LogP contribution in [0.4, 0.5) is 0 Å². The summed E-state index contributed by atoms with van der Waals surface area (Å²) < 4.78 is 21.5. The summed E-state index contributed by atoms with van der Waals surface area (Å²) in [6, 6.07) is 16.4. The minimum absolute atomic E-state index is 0.255. The average Bonchev–Trinajstić information content (AvgIpc) is 2.97. The standard InChI is InChI=1S/C22H22O8/c1-14(23)27-13-17-22(2,30-20(25)16-11-7-4-8-12-16)18(21(26)28-17)29-19(24)15-9-5-3-6-10-15/h3-12,17-18,21,26H,13H2,1-2H3/t17-,18?,21-,22-/m1/s1. The molecule has 8 nitrogen and oxygen atoms in total. The van der Waals surface area contributed by atoms with Crippen molar-refractivity contribution in [1.29, 1.82) is 0 Å². The van der Waals surface area contributed by atoms with Gasteiger partial charge < -0.3 is 24.1 Å². The van der Waals surface area contributed by atoms with Gasteiger partial charge in [0.15, 0.2) is 18.0 Å². The van der Waals surface area contributed by atoms with E-state index >= 15 is 0 Å². The summed E-state index contributed by atoms with van der Waals surface area (Å²) in [7, 11) is 0. The summed E-state index contributed by atoms with van der Waals surface area (Å²) in [5, 5.41) is 10.4. The van der Waals surface area contributed by atoms with Crippen molar-refractivity contribution in [3.63, 3.8) is 0 Å². The lowest BCUT2D eigenvalue weighted by molar-refractivity contribution is -0.157. The molecule has 1 fully saturated rings. The molecule has 2 aromatic rings. The van der Waals surface area contributed by atoms with E-state index in [1.54, 1.807) is 60.7 Å². The molecule has 1 aliphatic rings. The van der Waals surface area contributed by atoms with E-state index in [2.05, 4.69) is 0 Å². The SMILES string of the molecule is CC(=O)OC[C@H]1O[C@@H](O)C(OC(=O)c2ccccc2)[C@]1(C)OC(=O)c1ccccc1. The second kappa shape index (κ2) is 9.06. The molecule has 0 bridgehead atoms. The molecule has 0 radical (unpaired) electrons. The Morgan fingerprint density at radius 2 is 1.50 bits per heavy atom. The zero-order valence-corrected chi connectivity index (χ0v) is 16.5. The molecule has 4 atom stereocenters. The van der Waals surface area contributed by atoms with Crippen LogP contribution < -0.4 is 0 Å². The fourth-order valence-electron chi connectivity index (χ4n) is 3.13. The number of carbonyl (C=O) groups is 3. The molecule has 8 heteroatoms. The molecule has 1 saturated heterocycles. The topological polar surface area (TPSA) is 108 Å². The predicted octanol–water partition coefficient (Wildman–Crippen LogP) is 2.11. The Hall–Kier alpha value is -3.23. The lowest BCUT2D eigenvalue weighted by Gasteiger charge is -2.33. The molecular formula is C22H22O8. The van der Waals surface area contributed by atoms with E-state index in [0.29, 0.717) is 0 Å². The summed E-state index contributed by atoms with van der Waals surface area (Å²) in [6.45, 7) is 2.37. The molecule has 1 heterocycles. The van der Waals surface area contributed by atoms with Gasteiger partial charge in [-0.15, -0.1) is 0 Å². The summed E-state index contributed by atoms with van der Waals surface area (Å²) in [5.41, 5.74) is -1.10. The third-order valence-electron chi connectivity index (χ3n) is 4.77. The maximum Gasteiger partial charge on any atom is 0.338 e. The number of hydrogen-bond acceptors (Lipinski definition) is 8. The van der Waals surface area contributed by atoms with Gasteiger partial charge in [-0.25, -0.2) is 9.59 Å². The second-order valence-corrected chi connectivity index (χ2v) is 6.95. The van der Waals surface area contributed by atoms with Crippen molar-refractivity contribution in [3.05, 3.63) is 71.8 Å². The Morgan fingerprint density at radius 1 is 0.967 bits per heavy atom. The molecule has 0 aliphatic carbocycles. The average molecular weight is 414 g/mol. The maximum atomic E-state index is 12.7. The Balaban J connectivity index is 1.86.